The molecule has 0 spiro atoms. The van der Waals surface area contributed by atoms with E-state index in [1.807, 2.05) is 49.4 Å². The number of nitrogens with zero attached hydrogens (tertiary/aromatic N) is 4. The molecule has 192 valence electrons. The number of fused-ring (bicyclic) bond motifs is 3. The van der Waals surface area contributed by atoms with Crippen LogP contribution in [-0.2, 0) is 16.1 Å². The van der Waals surface area contributed by atoms with E-state index in [-0.39, 0.29) is 30.3 Å². The molecule has 4 aromatic rings. The van der Waals surface area contributed by atoms with Gasteiger partial charge in [0.15, 0.2) is 0 Å². The number of aromatic nitrogens is 3. The predicted octanol–water partition coefficient (Wildman–Crippen LogP) is 3.52. The Morgan fingerprint density at radius 1 is 1.08 bits per heavy atom. The first-order valence-corrected chi connectivity index (χ1v) is 12.8. The third-order valence-corrected chi connectivity index (χ3v) is 7.73. The van der Waals surface area contributed by atoms with Crippen molar-refractivity contribution < 1.29 is 14.4 Å². The molecule has 3 atom stereocenters. The Bertz CT molecular complexity index is 1560. The molecule has 9 nitrogen and oxygen atoms in total. The largest absolute Gasteiger partial charge is 0.366 e. The van der Waals surface area contributed by atoms with Crippen molar-refractivity contribution in [1.29, 1.82) is 0 Å². The van der Waals surface area contributed by atoms with E-state index >= 15 is 0 Å². The first kappa shape index (κ1) is 23.8. The van der Waals surface area contributed by atoms with Crippen LogP contribution in [0.4, 0.5) is 5.82 Å². The second-order valence-corrected chi connectivity index (χ2v) is 10.1. The molecule has 1 aliphatic carbocycles. The third-order valence-electron chi connectivity index (χ3n) is 7.73. The van der Waals surface area contributed by atoms with E-state index in [1.165, 1.54) is 0 Å². The van der Waals surface area contributed by atoms with Crippen LogP contribution >= 0.6 is 0 Å². The highest BCUT2D eigenvalue weighted by Crippen LogP contribution is 2.43. The highest BCUT2D eigenvalue weighted by Gasteiger charge is 2.51. The number of nitrogens with one attached hydrogen (secondary N) is 1. The SMILES string of the molecule is Cc1cccc(NC(=O)[C@@H]2[C@H]3CC[C@H](C3)N2C(=O)Cn2cc(C(N)=O)c3cc(-c4cccnc4)ccc32)n1. The molecule has 3 amide bonds. The molecular formula is C29H28N6O3. The number of primary amides is 1. The van der Waals surface area contributed by atoms with Crippen molar-refractivity contribution in [3.05, 3.63) is 78.4 Å². The average Bonchev–Trinajstić information content (AvgIpc) is 3.62. The van der Waals surface area contributed by atoms with Gasteiger partial charge >= 0.3 is 0 Å². The Hall–Kier alpha value is -4.53. The predicted molar refractivity (Wildman–Crippen MR) is 143 cm³/mol. The lowest BCUT2D eigenvalue weighted by atomic mass is 9.97. The molecule has 2 aliphatic rings. The minimum absolute atomic E-state index is 0.00567. The number of pyridine rings is 2. The third kappa shape index (κ3) is 4.19. The molecule has 0 unspecified atom stereocenters. The molecule has 38 heavy (non-hydrogen) atoms. The zero-order valence-corrected chi connectivity index (χ0v) is 21.0. The number of piperidine rings is 1. The summed E-state index contributed by atoms with van der Waals surface area (Å²) in [5, 5.41) is 3.59. The molecule has 3 N–H and O–H groups in total. The Morgan fingerprint density at radius 3 is 2.71 bits per heavy atom. The van der Waals surface area contributed by atoms with Crippen LogP contribution in [0.15, 0.2) is 67.1 Å². The van der Waals surface area contributed by atoms with Crippen molar-refractivity contribution in [2.75, 3.05) is 5.32 Å². The monoisotopic (exact) mass is 508 g/mol. The van der Waals surface area contributed by atoms with Gasteiger partial charge in [-0.25, -0.2) is 4.98 Å². The van der Waals surface area contributed by atoms with E-state index in [1.54, 1.807) is 34.1 Å². The molecular weight excluding hydrogens is 480 g/mol. The summed E-state index contributed by atoms with van der Waals surface area (Å²) in [7, 11) is 0. The van der Waals surface area contributed by atoms with Crippen LogP contribution in [0.3, 0.4) is 0 Å². The summed E-state index contributed by atoms with van der Waals surface area (Å²) >= 11 is 0. The van der Waals surface area contributed by atoms with Crippen LogP contribution in [0.1, 0.15) is 35.3 Å². The van der Waals surface area contributed by atoms with Gasteiger partial charge in [0, 0.05) is 46.8 Å². The lowest BCUT2D eigenvalue weighted by Gasteiger charge is -2.34. The number of amides is 3. The molecule has 1 saturated carbocycles. The van der Waals surface area contributed by atoms with Crippen molar-refractivity contribution in [3.63, 3.8) is 0 Å². The number of rotatable bonds is 6. The number of hydrogen-bond acceptors (Lipinski definition) is 5. The van der Waals surface area contributed by atoms with Crippen LogP contribution in [0.5, 0.6) is 0 Å². The van der Waals surface area contributed by atoms with Gasteiger partial charge < -0.3 is 20.5 Å². The Balaban J connectivity index is 1.29. The molecule has 1 aliphatic heterocycles. The van der Waals surface area contributed by atoms with Gasteiger partial charge in [-0.3, -0.25) is 19.4 Å². The lowest BCUT2D eigenvalue weighted by Crippen LogP contribution is -2.51. The number of carbonyl (C=O) groups is 3. The first-order chi connectivity index (χ1) is 18.4. The highest BCUT2D eigenvalue weighted by molar-refractivity contribution is 6.07. The quantitative estimate of drug-likeness (QED) is 0.413. The van der Waals surface area contributed by atoms with Crippen LogP contribution in [0.25, 0.3) is 22.0 Å². The standard InChI is InChI=1S/C29H28N6O3/c1-17-4-2-6-25(32-17)33-29(38)27-19-7-9-21(12-19)35(27)26(36)16-34-15-23(28(30)37)22-13-18(8-10-24(22)34)20-5-3-11-31-14-20/h2-6,8,10-11,13-15,19,21,27H,7,9,12,16H2,1H3,(H2,30,37)(H,32,33,38)/t19-,21+,27-/m0/s1. The molecule has 4 heterocycles. The lowest BCUT2D eigenvalue weighted by molar-refractivity contribution is -0.141. The van der Waals surface area contributed by atoms with Gasteiger partial charge in [-0.2, -0.15) is 0 Å². The summed E-state index contributed by atoms with van der Waals surface area (Å²) in [6.45, 7) is 1.87. The second kappa shape index (κ2) is 9.41. The Kier molecular flexibility index (Phi) is 5.90. The van der Waals surface area contributed by atoms with Crippen LogP contribution in [0.2, 0.25) is 0 Å². The fraction of sp³-hybridized carbons (Fsp3) is 0.276. The van der Waals surface area contributed by atoms with Crippen molar-refractivity contribution in [3.8, 4) is 11.1 Å². The average molecular weight is 509 g/mol. The summed E-state index contributed by atoms with van der Waals surface area (Å²) in [5.41, 5.74) is 9.41. The van der Waals surface area contributed by atoms with E-state index in [9.17, 15) is 14.4 Å². The van der Waals surface area contributed by atoms with Crippen molar-refractivity contribution >= 4 is 34.4 Å². The maximum atomic E-state index is 13.7. The molecule has 2 bridgehead atoms. The number of nitrogens with two attached hydrogens (primary N) is 1. The molecule has 0 radical (unpaired) electrons. The molecule has 3 aromatic heterocycles. The molecule has 9 heteroatoms. The zero-order valence-electron chi connectivity index (χ0n) is 21.0. The Morgan fingerprint density at radius 2 is 1.95 bits per heavy atom. The van der Waals surface area contributed by atoms with Crippen molar-refractivity contribution in [2.24, 2.45) is 11.7 Å². The van der Waals surface area contributed by atoms with Gasteiger partial charge in [0.1, 0.15) is 18.4 Å². The van der Waals surface area contributed by atoms with Crippen molar-refractivity contribution in [2.45, 2.75) is 44.8 Å². The summed E-state index contributed by atoms with van der Waals surface area (Å²) < 4.78 is 1.76. The van der Waals surface area contributed by atoms with Crippen LogP contribution in [-0.4, -0.2) is 49.2 Å². The van der Waals surface area contributed by atoms with Gasteiger partial charge in [0.05, 0.1) is 5.56 Å². The number of anilines is 1. The molecule has 2 fully saturated rings. The fourth-order valence-corrected chi connectivity index (χ4v) is 6.06. The number of benzene rings is 1. The van der Waals surface area contributed by atoms with Gasteiger partial charge in [-0.1, -0.05) is 18.2 Å². The molecule has 1 aromatic carbocycles. The summed E-state index contributed by atoms with van der Waals surface area (Å²) in [4.78, 5) is 49.7. The van der Waals surface area contributed by atoms with E-state index < -0.39 is 11.9 Å². The maximum absolute atomic E-state index is 13.7. The second-order valence-electron chi connectivity index (χ2n) is 10.1. The Labute approximate surface area is 219 Å². The van der Waals surface area contributed by atoms with E-state index in [0.717, 1.165) is 41.6 Å². The van der Waals surface area contributed by atoms with Crippen LogP contribution in [0, 0.1) is 12.8 Å². The summed E-state index contributed by atoms with van der Waals surface area (Å²) in [5.74, 6) is -0.318. The molecule has 6 rings (SSSR count). The summed E-state index contributed by atoms with van der Waals surface area (Å²) in [6.07, 6.45) is 7.72. The summed E-state index contributed by atoms with van der Waals surface area (Å²) in [6, 6.07) is 14.5. The van der Waals surface area contributed by atoms with E-state index in [0.29, 0.717) is 16.8 Å². The number of aryl methyl sites for hydroxylation is 1. The number of hydrogen-bond donors (Lipinski definition) is 2. The first-order valence-electron chi connectivity index (χ1n) is 12.8. The fourth-order valence-electron chi connectivity index (χ4n) is 6.06. The van der Waals surface area contributed by atoms with Gasteiger partial charge in [-0.15, -0.1) is 0 Å². The maximum Gasteiger partial charge on any atom is 0.250 e. The number of carbonyl (C=O) groups excluding carboxylic acids is 3. The minimum atomic E-state index is -0.562. The van der Waals surface area contributed by atoms with Gasteiger partial charge in [-0.05, 0) is 68.0 Å². The van der Waals surface area contributed by atoms with Gasteiger partial charge in [0.2, 0.25) is 11.8 Å². The highest BCUT2D eigenvalue weighted by atomic mass is 16.2. The van der Waals surface area contributed by atoms with Gasteiger partial charge in [0.25, 0.3) is 5.91 Å². The minimum Gasteiger partial charge on any atom is -0.366 e. The molecule has 1 saturated heterocycles. The topological polar surface area (TPSA) is 123 Å². The smallest absolute Gasteiger partial charge is 0.250 e. The zero-order chi connectivity index (χ0) is 26.4. The van der Waals surface area contributed by atoms with E-state index in [2.05, 4.69) is 15.3 Å². The van der Waals surface area contributed by atoms with E-state index in [4.69, 9.17) is 5.73 Å². The van der Waals surface area contributed by atoms with Crippen LogP contribution < -0.4 is 11.1 Å². The number of likely N-dealkylation sites (tertiary alicyclic amines) is 1. The normalized spacial score (nSPS) is 20.1. The van der Waals surface area contributed by atoms with Crippen molar-refractivity contribution in [1.82, 2.24) is 19.4 Å².